The summed E-state index contributed by atoms with van der Waals surface area (Å²) < 4.78 is 67.4. The summed E-state index contributed by atoms with van der Waals surface area (Å²) in [5.74, 6) is -2.80. The molecule has 0 fully saturated rings. The first-order valence-corrected chi connectivity index (χ1v) is 8.56. The monoisotopic (exact) mass is 358 g/mol. The highest BCUT2D eigenvalue weighted by molar-refractivity contribution is 7.89. The Bertz CT molecular complexity index is 806. The molecule has 0 amide bonds. The summed E-state index contributed by atoms with van der Waals surface area (Å²) in [6.45, 7) is -0.174. The summed E-state index contributed by atoms with van der Waals surface area (Å²) in [4.78, 5) is 0.649. The minimum Gasteiger partial charge on any atom is -0.301 e. The zero-order valence-corrected chi connectivity index (χ0v) is 13.9. The van der Waals surface area contributed by atoms with Crippen LogP contribution in [0.3, 0.4) is 0 Å². The van der Waals surface area contributed by atoms with E-state index in [9.17, 15) is 21.6 Å². The van der Waals surface area contributed by atoms with Crippen LogP contribution in [0.4, 0.5) is 13.2 Å². The number of rotatable bonds is 6. The van der Waals surface area contributed by atoms with Crippen molar-refractivity contribution in [3.8, 4) is 0 Å². The normalized spacial score (nSPS) is 13.2. The van der Waals surface area contributed by atoms with E-state index in [0.717, 1.165) is 18.2 Å². The van der Waals surface area contributed by atoms with Crippen molar-refractivity contribution in [3.63, 3.8) is 0 Å². The van der Waals surface area contributed by atoms with Crippen LogP contribution in [0.1, 0.15) is 11.6 Å². The quantitative estimate of drug-likeness (QED) is 0.864. The Morgan fingerprint density at radius 2 is 1.62 bits per heavy atom. The van der Waals surface area contributed by atoms with E-state index in [1.807, 2.05) is 0 Å². The fourth-order valence-electron chi connectivity index (χ4n) is 2.31. The van der Waals surface area contributed by atoms with Crippen molar-refractivity contribution in [1.82, 2.24) is 9.62 Å². The molecule has 0 saturated carbocycles. The minimum absolute atomic E-state index is 0.174. The molecule has 1 N–H and O–H groups in total. The van der Waals surface area contributed by atoms with Crippen molar-refractivity contribution < 1.29 is 21.6 Å². The maximum atomic E-state index is 13.7. The van der Waals surface area contributed by atoms with Gasteiger partial charge in [-0.3, -0.25) is 0 Å². The summed E-state index contributed by atoms with van der Waals surface area (Å²) in [5, 5.41) is 0. The van der Waals surface area contributed by atoms with Crippen molar-refractivity contribution in [3.05, 3.63) is 65.5 Å². The minimum atomic E-state index is -4.39. The van der Waals surface area contributed by atoms with Crippen LogP contribution in [0.5, 0.6) is 0 Å². The van der Waals surface area contributed by atoms with Crippen molar-refractivity contribution in [2.45, 2.75) is 10.9 Å². The predicted octanol–water partition coefficient (Wildman–Crippen LogP) is 2.69. The molecule has 0 aliphatic rings. The molecule has 0 aliphatic heterocycles. The van der Waals surface area contributed by atoms with Crippen molar-refractivity contribution >= 4 is 10.0 Å². The van der Waals surface area contributed by atoms with Crippen LogP contribution in [0.15, 0.2) is 47.4 Å². The topological polar surface area (TPSA) is 49.4 Å². The molecule has 2 rings (SSSR count). The molecule has 0 aromatic heterocycles. The average molecular weight is 358 g/mol. The highest BCUT2D eigenvalue weighted by Gasteiger charge is 2.25. The molecule has 8 heteroatoms. The van der Waals surface area contributed by atoms with E-state index in [1.54, 1.807) is 25.1 Å². The highest BCUT2D eigenvalue weighted by atomic mass is 32.2. The average Bonchev–Trinajstić information content (AvgIpc) is 2.46. The molecule has 0 aliphatic carbocycles. The number of hydrogen-bond acceptors (Lipinski definition) is 3. The molecule has 0 radical (unpaired) electrons. The largest absolute Gasteiger partial charge is 0.301 e. The fraction of sp³-hybridized carbons (Fsp3) is 0.250. The van der Waals surface area contributed by atoms with E-state index in [4.69, 9.17) is 0 Å². The van der Waals surface area contributed by atoms with Crippen LogP contribution in [0.25, 0.3) is 0 Å². The van der Waals surface area contributed by atoms with Crippen LogP contribution in [0, 0.1) is 17.5 Å². The summed E-state index contributed by atoms with van der Waals surface area (Å²) >= 11 is 0. The van der Waals surface area contributed by atoms with E-state index in [-0.39, 0.29) is 6.54 Å². The molecular weight excluding hydrogens is 341 g/mol. The van der Waals surface area contributed by atoms with Crippen LogP contribution in [-0.2, 0) is 10.0 Å². The van der Waals surface area contributed by atoms with Crippen LogP contribution in [-0.4, -0.2) is 34.0 Å². The van der Waals surface area contributed by atoms with E-state index < -0.39 is 38.4 Å². The van der Waals surface area contributed by atoms with Crippen molar-refractivity contribution in [2.24, 2.45) is 0 Å². The second kappa shape index (κ2) is 7.33. The maximum absolute atomic E-state index is 13.7. The van der Waals surface area contributed by atoms with Crippen LogP contribution < -0.4 is 4.72 Å². The van der Waals surface area contributed by atoms with Gasteiger partial charge >= 0.3 is 0 Å². The van der Waals surface area contributed by atoms with Gasteiger partial charge in [0.25, 0.3) is 0 Å². The molecule has 0 heterocycles. The molecule has 1 unspecified atom stereocenters. The highest BCUT2D eigenvalue weighted by Crippen LogP contribution is 2.21. The lowest BCUT2D eigenvalue weighted by Crippen LogP contribution is -2.35. The first kappa shape index (κ1) is 18.4. The van der Waals surface area contributed by atoms with Crippen molar-refractivity contribution in [2.75, 3.05) is 20.6 Å². The van der Waals surface area contributed by atoms with E-state index in [1.165, 1.54) is 18.2 Å². The fourth-order valence-corrected chi connectivity index (χ4v) is 3.48. The summed E-state index contributed by atoms with van der Waals surface area (Å²) in [7, 11) is -1.01. The summed E-state index contributed by atoms with van der Waals surface area (Å²) in [6, 6.07) is 8.01. The van der Waals surface area contributed by atoms with Gasteiger partial charge in [0.1, 0.15) is 17.5 Å². The summed E-state index contributed by atoms with van der Waals surface area (Å²) in [5.41, 5.74) is 0.539. The maximum Gasteiger partial charge on any atom is 0.246 e. The van der Waals surface area contributed by atoms with Gasteiger partial charge in [-0.2, -0.15) is 0 Å². The molecule has 0 bridgehead atoms. The smallest absolute Gasteiger partial charge is 0.246 e. The molecule has 4 nitrogen and oxygen atoms in total. The number of halogens is 3. The number of benzene rings is 2. The van der Waals surface area contributed by atoms with E-state index in [0.29, 0.717) is 5.56 Å². The van der Waals surface area contributed by atoms with Gasteiger partial charge in [0.15, 0.2) is 4.90 Å². The first-order valence-electron chi connectivity index (χ1n) is 7.08. The zero-order valence-electron chi connectivity index (χ0n) is 13.1. The Morgan fingerprint density at radius 3 is 2.17 bits per heavy atom. The number of sulfonamides is 1. The summed E-state index contributed by atoms with van der Waals surface area (Å²) in [6.07, 6.45) is 0. The molecule has 24 heavy (non-hydrogen) atoms. The lowest BCUT2D eigenvalue weighted by atomic mass is 10.1. The third kappa shape index (κ3) is 4.14. The molecule has 0 saturated heterocycles. The standard InChI is InChI=1S/C16H17F3N2O2S/c1-21(2)15(11-5-3-6-12(17)9-11)10-20-24(22,23)16-13(18)7-4-8-14(16)19/h3-9,15,20H,10H2,1-2H3. The molecule has 2 aromatic carbocycles. The SMILES string of the molecule is CN(C)C(CNS(=O)(=O)c1c(F)cccc1F)c1cccc(F)c1. The lowest BCUT2D eigenvalue weighted by Gasteiger charge is -2.25. The van der Waals surface area contributed by atoms with Gasteiger partial charge in [0, 0.05) is 12.6 Å². The molecule has 2 aromatic rings. The Labute approximate surface area is 139 Å². The Balaban J connectivity index is 2.26. The Hall–Kier alpha value is -1.90. The van der Waals surface area contributed by atoms with Gasteiger partial charge in [-0.25, -0.2) is 26.3 Å². The number of likely N-dealkylation sites (N-methyl/N-ethyl adjacent to an activating group) is 1. The van der Waals surface area contributed by atoms with Gasteiger partial charge in [-0.15, -0.1) is 0 Å². The number of hydrogen-bond donors (Lipinski definition) is 1. The van der Waals surface area contributed by atoms with E-state index in [2.05, 4.69) is 4.72 Å². The Morgan fingerprint density at radius 1 is 1.04 bits per heavy atom. The second-order valence-electron chi connectivity index (χ2n) is 5.44. The van der Waals surface area contributed by atoms with Crippen molar-refractivity contribution in [1.29, 1.82) is 0 Å². The molecular formula is C16H17F3N2O2S. The van der Waals surface area contributed by atoms with Gasteiger partial charge < -0.3 is 4.90 Å². The molecule has 130 valence electrons. The third-order valence-corrected chi connectivity index (χ3v) is 4.99. The van der Waals surface area contributed by atoms with Gasteiger partial charge in [-0.1, -0.05) is 18.2 Å². The first-order chi connectivity index (χ1) is 11.2. The predicted molar refractivity (Wildman–Crippen MR) is 84.4 cm³/mol. The third-order valence-electron chi connectivity index (χ3n) is 3.51. The Kier molecular flexibility index (Phi) is 5.63. The van der Waals surface area contributed by atoms with Gasteiger partial charge in [0.05, 0.1) is 0 Å². The second-order valence-corrected chi connectivity index (χ2v) is 7.14. The van der Waals surface area contributed by atoms with Crippen LogP contribution >= 0.6 is 0 Å². The number of nitrogens with one attached hydrogen (secondary N) is 1. The molecule has 1 atom stereocenters. The molecule has 0 spiro atoms. The zero-order chi connectivity index (χ0) is 17.9. The van der Waals surface area contributed by atoms with Gasteiger partial charge in [0.2, 0.25) is 10.0 Å². The number of nitrogens with zero attached hydrogens (tertiary/aromatic N) is 1. The lowest BCUT2D eigenvalue weighted by molar-refractivity contribution is 0.298. The van der Waals surface area contributed by atoms with E-state index >= 15 is 0 Å². The van der Waals surface area contributed by atoms with Gasteiger partial charge in [-0.05, 0) is 43.9 Å². The van der Waals surface area contributed by atoms with Crippen LogP contribution in [0.2, 0.25) is 0 Å².